The van der Waals surface area contributed by atoms with Gasteiger partial charge in [0.25, 0.3) is 5.91 Å². The van der Waals surface area contributed by atoms with Gasteiger partial charge in [-0.15, -0.1) is 0 Å². The molecular formula is C16H17ClFN3O2. The van der Waals surface area contributed by atoms with Crippen molar-refractivity contribution in [3.8, 4) is 5.75 Å². The number of nitrogens with zero attached hydrogens (tertiary/aromatic N) is 3. The minimum Gasteiger partial charge on any atom is -0.484 e. The summed E-state index contributed by atoms with van der Waals surface area (Å²) in [5.74, 6) is -0.215. The molecule has 1 aromatic heterocycles. The maximum absolute atomic E-state index is 13.1. The number of piperidine rings is 1. The first-order valence-corrected chi connectivity index (χ1v) is 7.84. The Morgan fingerprint density at radius 2 is 2.35 bits per heavy atom. The number of likely N-dealkylation sites (tertiary alicyclic amines) is 1. The van der Waals surface area contributed by atoms with Gasteiger partial charge >= 0.3 is 0 Å². The van der Waals surface area contributed by atoms with E-state index >= 15 is 0 Å². The fraction of sp³-hybridized carbons (Fsp3) is 0.375. The number of halogens is 2. The van der Waals surface area contributed by atoms with E-state index < -0.39 is 5.82 Å². The zero-order valence-electron chi connectivity index (χ0n) is 12.5. The highest BCUT2D eigenvalue weighted by Gasteiger charge is 2.24. The van der Waals surface area contributed by atoms with Crippen molar-refractivity contribution in [3.63, 3.8) is 0 Å². The first kappa shape index (κ1) is 15.8. The normalized spacial score (nSPS) is 18.0. The van der Waals surface area contributed by atoms with Crippen molar-refractivity contribution < 1.29 is 13.9 Å². The molecule has 0 saturated carbocycles. The van der Waals surface area contributed by atoms with Crippen molar-refractivity contribution in [2.24, 2.45) is 0 Å². The van der Waals surface area contributed by atoms with Crippen LogP contribution in [0, 0.1) is 5.82 Å². The number of carbonyl (C=O) groups excluding carboxylic acids is 1. The van der Waals surface area contributed by atoms with Gasteiger partial charge in [-0.3, -0.25) is 4.79 Å². The van der Waals surface area contributed by atoms with Gasteiger partial charge < -0.3 is 14.2 Å². The standard InChI is InChI=1S/C16H17ClFN3O2/c17-14-8-13(3-4-15(14)18)23-10-16(22)20-6-1-2-12(9-20)21-7-5-19-11-21/h3-5,7-8,11-12H,1-2,6,9-10H2/t12-/m0/s1. The number of ether oxygens (including phenoxy) is 1. The van der Waals surface area contributed by atoms with Crippen molar-refractivity contribution in [2.45, 2.75) is 18.9 Å². The molecule has 7 heteroatoms. The van der Waals surface area contributed by atoms with Crippen molar-refractivity contribution in [1.29, 1.82) is 0 Å². The quantitative estimate of drug-likeness (QED) is 0.862. The minimum absolute atomic E-state index is 0.0203. The predicted molar refractivity (Wildman–Crippen MR) is 84.0 cm³/mol. The van der Waals surface area contributed by atoms with Crippen LogP contribution in [0.3, 0.4) is 0 Å². The molecule has 0 N–H and O–H groups in total. The number of hydrogen-bond acceptors (Lipinski definition) is 3. The molecule has 3 rings (SSSR count). The third-order valence-corrected chi connectivity index (χ3v) is 4.24. The van der Waals surface area contributed by atoms with Gasteiger partial charge in [0.2, 0.25) is 0 Å². The second kappa shape index (κ2) is 7.00. The van der Waals surface area contributed by atoms with E-state index in [1.807, 2.05) is 10.8 Å². The molecule has 1 atom stereocenters. The van der Waals surface area contributed by atoms with Crippen LogP contribution in [0.15, 0.2) is 36.9 Å². The molecule has 0 unspecified atom stereocenters. The molecule has 0 aliphatic carbocycles. The van der Waals surface area contributed by atoms with Gasteiger partial charge in [-0.1, -0.05) is 11.6 Å². The van der Waals surface area contributed by atoms with Crippen LogP contribution >= 0.6 is 11.6 Å². The van der Waals surface area contributed by atoms with E-state index in [1.54, 1.807) is 17.4 Å². The Morgan fingerprint density at radius 1 is 1.48 bits per heavy atom. The van der Waals surface area contributed by atoms with E-state index in [2.05, 4.69) is 4.98 Å². The molecule has 1 fully saturated rings. The highest BCUT2D eigenvalue weighted by atomic mass is 35.5. The van der Waals surface area contributed by atoms with Crippen LogP contribution in [-0.4, -0.2) is 40.1 Å². The molecule has 2 heterocycles. The highest BCUT2D eigenvalue weighted by Crippen LogP contribution is 2.23. The van der Waals surface area contributed by atoms with Gasteiger partial charge in [-0.25, -0.2) is 9.37 Å². The predicted octanol–water partition coefficient (Wildman–Crippen LogP) is 2.92. The van der Waals surface area contributed by atoms with Gasteiger partial charge in [0.15, 0.2) is 6.61 Å². The van der Waals surface area contributed by atoms with Gasteiger partial charge in [0.1, 0.15) is 11.6 Å². The zero-order valence-corrected chi connectivity index (χ0v) is 13.2. The van der Waals surface area contributed by atoms with Gasteiger partial charge in [-0.05, 0) is 25.0 Å². The van der Waals surface area contributed by atoms with Crippen LogP contribution in [0.5, 0.6) is 5.75 Å². The van der Waals surface area contributed by atoms with Crippen molar-refractivity contribution >= 4 is 17.5 Å². The SMILES string of the molecule is O=C(COc1ccc(F)c(Cl)c1)N1CCC[C@H](n2ccnc2)C1. The molecule has 2 aromatic rings. The lowest BCUT2D eigenvalue weighted by molar-refractivity contribution is -0.135. The topological polar surface area (TPSA) is 47.4 Å². The Hall–Kier alpha value is -2.08. The summed E-state index contributed by atoms with van der Waals surface area (Å²) in [6.45, 7) is 1.28. The van der Waals surface area contributed by atoms with E-state index in [4.69, 9.17) is 16.3 Å². The average Bonchev–Trinajstić information content (AvgIpc) is 3.10. The second-order valence-corrected chi connectivity index (χ2v) is 5.92. The maximum Gasteiger partial charge on any atom is 0.260 e. The Morgan fingerprint density at radius 3 is 3.09 bits per heavy atom. The largest absolute Gasteiger partial charge is 0.484 e. The van der Waals surface area contributed by atoms with E-state index in [0.717, 1.165) is 19.4 Å². The first-order valence-electron chi connectivity index (χ1n) is 7.46. The summed E-state index contributed by atoms with van der Waals surface area (Å²) in [6.07, 6.45) is 7.39. The molecule has 1 aliphatic rings. The van der Waals surface area contributed by atoms with Crippen LogP contribution in [0.25, 0.3) is 0 Å². The number of hydrogen-bond donors (Lipinski definition) is 0. The lowest BCUT2D eigenvalue weighted by atomic mass is 10.1. The highest BCUT2D eigenvalue weighted by molar-refractivity contribution is 6.30. The third-order valence-electron chi connectivity index (χ3n) is 3.95. The number of benzene rings is 1. The van der Waals surface area contributed by atoms with E-state index in [0.29, 0.717) is 12.3 Å². The summed E-state index contributed by atoms with van der Waals surface area (Å²) >= 11 is 5.69. The summed E-state index contributed by atoms with van der Waals surface area (Å²) in [7, 11) is 0. The van der Waals surface area contributed by atoms with Crippen molar-refractivity contribution in [1.82, 2.24) is 14.5 Å². The van der Waals surface area contributed by atoms with Crippen molar-refractivity contribution in [3.05, 3.63) is 47.8 Å². The minimum atomic E-state index is -0.510. The Kier molecular flexibility index (Phi) is 4.81. The summed E-state index contributed by atoms with van der Waals surface area (Å²) in [5.41, 5.74) is 0. The Balaban J connectivity index is 1.56. The average molecular weight is 338 g/mol. The molecule has 1 saturated heterocycles. The monoisotopic (exact) mass is 337 g/mol. The molecule has 0 radical (unpaired) electrons. The van der Waals surface area contributed by atoms with E-state index in [1.165, 1.54) is 18.2 Å². The van der Waals surface area contributed by atoms with Gasteiger partial charge in [0, 0.05) is 31.5 Å². The summed E-state index contributed by atoms with van der Waals surface area (Å²) < 4.78 is 20.5. The fourth-order valence-electron chi connectivity index (χ4n) is 2.71. The fourth-order valence-corrected chi connectivity index (χ4v) is 2.88. The number of carbonyl (C=O) groups is 1. The van der Waals surface area contributed by atoms with E-state index in [9.17, 15) is 9.18 Å². The van der Waals surface area contributed by atoms with Crippen LogP contribution < -0.4 is 4.74 Å². The van der Waals surface area contributed by atoms with E-state index in [-0.39, 0.29) is 23.6 Å². The maximum atomic E-state index is 13.1. The second-order valence-electron chi connectivity index (χ2n) is 5.51. The van der Waals surface area contributed by atoms with Gasteiger partial charge in [0.05, 0.1) is 17.4 Å². The molecule has 1 aromatic carbocycles. The third kappa shape index (κ3) is 3.82. The molecule has 1 amide bonds. The summed E-state index contributed by atoms with van der Waals surface area (Å²) in [4.78, 5) is 18.1. The lowest BCUT2D eigenvalue weighted by Crippen LogP contribution is -2.42. The number of rotatable bonds is 4. The van der Waals surface area contributed by atoms with Crippen LogP contribution in [0.2, 0.25) is 5.02 Å². The molecule has 0 spiro atoms. The molecule has 23 heavy (non-hydrogen) atoms. The zero-order chi connectivity index (χ0) is 16.2. The Bertz CT molecular complexity index is 678. The summed E-state index contributed by atoms with van der Waals surface area (Å²) in [5, 5.41) is -0.0203. The number of imidazole rings is 1. The van der Waals surface area contributed by atoms with Crippen LogP contribution in [0.1, 0.15) is 18.9 Å². The molecule has 122 valence electrons. The number of aromatic nitrogens is 2. The molecule has 5 nitrogen and oxygen atoms in total. The smallest absolute Gasteiger partial charge is 0.260 e. The number of amides is 1. The van der Waals surface area contributed by atoms with Crippen LogP contribution in [-0.2, 0) is 4.79 Å². The molecular weight excluding hydrogens is 321 g/mol. The van der Waals surface area contributed by atoms with Crippen molar-refractivity contribution in [2.75, 3.05) is 19.7 Å². The molecule has 1 aliphatic heterocycles. The summed E-state index contributed by atoms with van der Waals surface area (Å²) in [6, 6.07) is 4.29. The van der Waals surface area contributed by atoms with Crippen LogP contribution in [0.4, 0.5) is 4.39 Å². The first-order chi connectivity index (χ1) is 11.1. The molecule has 0 bridgehead atoms. The Labute approximate surface area is 138 Å². The lowest BCUT2D eigenvalue weighted by Gasteiger charge is -2.33. The van der Waals surface area contributed by atoms with Gasteiger partial charge in [-0.2, -0.15) is 0 Å².